The summed E-state index contributed by atoms with van der Waals surface area (Å²) >= 11 is 1.56. The topological polar surface area (TPSA) is 136 Å². The second-order valence-corrected chi connectivity index (χ2v) is 18.7. The summed E-state index contributed by atoms with van der Waals surface area (Å²) in [5.74, 6) is 0.899. The molecular weight excluding hydrogens is 567 g/mol. The van der Waals surface area contributed by atoms with Gasteiger partial charge in [-0.15, -0.1) is 0 Å². The van der Waals surface area contributed by atoms with Gasteiger partial charge in [-0.05, 0) is 41.7 Å². The number of benzene rings is 1. The van der Waals surface area contributed by atoms with Crippen LogP contribution in [0.5, 0.6) is 0 Å². The molecule has 2 aliphatic heterocycles. The first-order valence-electron chi connectivity index (χ1n) is 13.1. The first-order valence-corrected chi connectivity index (χ1v) is 18.5. The summed E-state index contributed by atoms with van der Waals surface area (Å²) in [4.78, 5) is 13.5. The molecule has 11 nitrogen and oxygen atoms in total. The van der Waals surface area contributed by atoms with Gasteiger partial charge in [-0.3, -0.25) is 18.7 Å². The van der Waals surface area contributed by atoms with Crippen molar-refractivity contribution in [2.24, 2.45) is 0 Å². The zero-order valence-corrected chi connectivity index (χ0v) is 25.7. The van der Waals surface area contributed by atoms with Gasteiger partial charge in [0.2, 0.25) is 0 Å². The number of rotatable bonds is 6. The average molecular weight is 601 g/mol. The molecule has 5 heterocycles. The summed E-state index contributed by atoms with van der Waals surface area (Å²) in [6, 6.07) is 11.2. The average Bonchev–Trinajstić information content (AvgIpc) is 3.62. The molecule has 6 rings (SSSR count). The molecule has 14 heteroatoms. The number of nitrogens with two attached hydrogens (primary N) is 1. The molecule has 1 aromatic carbocycles. The Hall–Kier alpha value is -2.64. The first-order chi connectivity index (χ1) is 19.0. The molecule has 3 unspecified atom stereocenters. The molecule has 3 N–H and O–H groups in total. The van der Waals surface area contributed by atoms with Crippen molar-refractivity contribution in [3.63, 3.8) is 0 Å². The van der Waals surface area contributed by atoms with Gasteiger partial charge in [0.05, 0.1) is 6.61 Å². The number of thiophene rings is 1. The quantitative estimate of drug-likeness (QED) is 0.199. The van der Waals surface area contributed by atoms with Crippen molar-refractivity contribution in [3.05, 3.63) is 53.5 Å². The molecule has 0 amide bonds. The molecule has 0 spiro atoms. The van der Waals surface area contributed by atoms with Crippen molar-refractivity contribution >= 4 is 50.1 Å². The van der Waals surface area contributed by atoms with Gasteiger partial charge < -0.3 is 14.9 Å². The van der Waals surface area contributed by atoms with Crippen molar-refractivity contribution in [2.45, 2.75) is 63.4 Å². The highest BCUT2D eigenvalue weighted by Gasteiger charge is 2.57. The maximum absolute atomic E-state index is 13.8. The molecule has 3 aromatic heterocycles. The van der Waals surface area contributed by atoms with E-state index in [9.17, 15) is 4.57 Å². The minimum Gasteiger partial charge on any atom is -0.407 e. The Labute approximate surface area is 237 Å². The molecule has 2 aliphatic rings. The van der Waals surface area contributed by atoms with Crippen LogP contribution in [0.1, 0.15) is 27.0 Å². The van der Waals surface area contributed by atoms with Crippen LogP contribution in [0.2, 0.25) is 18.1 Å². The van der Waals surface area contributed by atoms with E-state index in [1.165, 1.54) is 6.33 Å². The zero-order valence-electron chi connectivity index (χ0n) is 23.0. The summed E-state index contributed by atoms with van der Waals surface area (Å²) < 4.78 is 41.5. The smallest absolute Gasteiger partial charge is 0.407 e. The standard InChI is InChI=1S/C26H33N6O5PSSi/c1-26(2,3)40(4,5)37-21-20-18(13-34-38(33,36-20)31-17-9-7-6-8-10-17)35-25(21)32-23(16-11-12-39-14-16)30-19-22(27)28-15-29-24(19)32/h6-12,14-15,18,20-21,25H,13H2,1-5H3,(H,31,33)(H2,27,28,29)/t18?,20-,21-,25?,38?/m0/s1. The number of aromatic nitrogens is 4. The summed E-state index contributed by atoms with van der Waals surface area (Å²) in [6.07, 6.45) is -1.14. The minimum atomic E-state index is -3.73. The number of hydrogen-bond donors (Lipinski definition) is 2. The molecule has 2 saturated heterocycles. The van der Waals surface area contributed by atoms with Crippen LogP contribution in [0.4, 0.5) is 11.5 Å². The zero-order chi connectivity index (χ0) is 28.3. The Morgan fingerprint density at radius 1 is 1.20 bits per heavy atom. The van der Waals surface area contributed by atoms with Crippen LogP contribution < -0.4 is 10.8 Å². The van der Waals surface area contributed by atoms with E-state index in [4.69, 9.17) is 28.9 Å². The van der Waals surface area contributed by atoms with Gasteiger partial charge in [0, 0.05) is 16.6 Å². The van der Waals surface area contributed by atoms with E-state index in [-0.39, 0.29) is 17.5 Å². The van der Waals surface area contributed by atoms with E-state index in [2.05, 4.69) is 48.9 Å². The molecule has 40 heavy (non-hydrogen) atoms. The third-order valence-electron chi connectivity index (χ3n) is 7.77. The fraction of sp³-hybridized carbons (Fsp3) is 0.423. The summed E-state index contributed by atoms with van der Waals surface area (Å²) in [6.45, 7) is 10.9. The Balaban J connectivity index is 1.45. The molecular formula is C26H33N6O5PSSi. The molecule has 0 aliphatic carbocycles. The lowest BCUT2D eigenvalue weighted by Crippen LogP contribution is -2.50. The van der Waals surface area contributed by atoms with Crippen LogP contribution in [-0.4, -0.2) is 52.8 Å². The van der Waals surface area contributed by atoms with Gasteiger partial charge in [-0.25, -0.2) is 19.5 Å². The molecule has 0 saturated carbocycles. The largest absolute Gasteiger partial charge is 0.433 e. The Kier molecular flexibility index (Phi) is 6.89. The van der Waals surface area contributed by atoms with Gasteiger partial charge in [-0.2, -0.15) is 11.3 Å². The molecule has 0 radical (unpaired) electrons. The maximum atomic E-state index is 13.8. The van der Waals surface area contributed by atoms with Crippen LogP contribution in [0.25, 0.3) is 22.6 Å². The summed E-state index contributed by atoms with van der Waals surface area (Å²) in [5, 5.41) is 6.84. The van der Waals surface area contributed by atoms with Crippen LogP contribution >= 0.6 is 19.1 Å². The Morgan fingerprint density at radius 3 is 2.67 bits per heavy atom. The molecule has 0 bridgehead atoms. The van der Waals surface area contributed by atoms with Crippen molar-refractivity contribution in [3.8, 4) is 11.4 Å². The van der Waals surface area contributed by atoms with Crippen molar-refractivity contribution in [1.29, 1.82) is 0 Å². The van der Waals surface area contributed by atoms with E-state index < -0.39 is 40.6 Å². The van der Waals surface area contributed by atoms with Gasteiger partial charge in [0.25, 0.3) is 0 Å². The highest BCUT2D eigenvalue weighted by molar-refractivity contribution is 7.55. The highest BCUT2D eigenvalue weighted by atomic mass is 32.1. The van der Waals surface area contributed by atoms with Gasteiger partial charge >= 0.3 is 7.75 Å². The molecule has 5 atom stereocenters. The predicted molar refractivity (Wildman–Crippen MR) is 158 cm³/mol. The van der Waals surface area contributed by atoms with Crippen LogP contribution in [-0.2, 0) is 22.8 Å². The van der Waals surface area contributed by atoms with Crippen LogP contribution in [0, 0.1) is 0 Å². The lowest BCUT2D eigenvalue weighted by Gasteiger charge is -2.41. The minimum absolute atomic E-state index is 0.0627. The number of ether oxygens (including phenoxy) is 1. The fourth-order valence-electron chi connectivity index (χ4n) is 4.67. The first kappa shape index (κ1) is 27.5. The van der Waals surface area contributed by atoms with E-state index in [1.807, 2.05) is 51.7 Å². The summed E-state index contributed by atoms with van der Waals surface area (Å²) in [5.41, 5.74) is 8.75. The van der Waals surface area contributed by atoms with E-state index in [0.29, 0.717) is 22.7 Å². The molecule has 4 aromatic rings. The van der Waals surface area contributed by atoms with Crippen LogP contribution in [0.15, 0.2) is 53.5 Å². The fourth-order valence-corrected chi connectivity index (χ4v) is 8.16. The number of nitrogens with zero attached hydrogens (tertiary/aromatic N) is 4. The van der Waals surface area contributed by atoms with Crippen molar-refractivity contribution in [1.82, 2.24) is 19.5 Å². The van der Waals surface area contributed by atoms with Gasteiger partial charge in [0.1, 0.15) is 30.5 Å². The number of fused-ring (bicyclic) bond motifs is 2. The maximum Gasteiger partial charge on any atom is 0.433 e. The number of anilines is 2. The second kappa shape index (κ2) is 10.0. The predicted octanol–water partition coefficient (Wildman–Crippen LogP) is 6.06. The van der Waals surface area contributed by atoms with E-state index in [1.54, 1.807) is 11.3 Å². The number of imidazole rings is 1. The van der Waals surface area contributed by atoms with E-state index >= 15 is 0 Å². The number of hydrogen-bond acceptors (Lipinski definition) is 10. The summed E-state index contributed by atoms with van der Waals surface area (Å²) in [7, 11) is -6.11. The van der Waals surface area contributed by atoms with E-state index in [0.717, 1.165) is 5.56 Å². The number of nitrogen functional groups attached to an aromatic ring is 1. The number of nitrogens with one attached hydrogen (secondary N) is 1. The monoisotopic (exact) mass is 600 g/mol. The van der Waals surface area contributed by atoms with Crippen molar-refractivity contribution in [2.75, 3.05) is 17.4 Å². The Bertz CT molecular complexity index is 1560. The lowest BCUT2D eigenvalue weighted by atomic mass is 10.1. The Morgan fingerprint density at radius 2 is 1.98 bits per heavy atom. The van der Waals surface area contributed by atoms with Crippen LogP contribution in [0.3, 0.4) is 0 Å². The second-order valence-electron chi connectivity index (χ2n) is 11.5. The lowest BCUT2D eigenvalue weighted by molar-refractivity contribution is -0.0569. The number of para-hydroxylation sites is 1. The van der Waals surface area contributed by atoms with Gasteiger partial charge in [-0.1, -0.05) is 39.0 Å². The van der Waals surface area contributed by atoms with Gasteiger partial charge in [0.15, 0.2) is 31.5 Å². The van der Waals surface area contributed by atoms with Crippen molar-refractivity contribution < 1.29 is 22.8 Å². The highest BCUT2D eigenvalue weighted by Crippen LogP contribution is 2.57. The third kappa shape index (κ3) is 4.89. The molecule has 212 valence electrons. The third-order valence-corrected chi connectivity index (χ3v) is 14.5. The SMILES string of the molecule is CC(C)(C)[Si](C)(C)O[C@@H]1C(n2c(-c3ccsc3)nc3c(N)ncnc32)OC2COP(=O)(Nc3ccccc3)O[C@@H]21. The normalized spacial score (nSPS) is 27.1. The molecule has 2 fully saturated rings.